The van der Waals surface area contributed by atoms with E-state index in [1.165, 1.54) is 12.8 Å². The first-order valence-corrected chi connectivity index (χ1v) is 6.38. The Morgan fingerprint density at radius 2 is 1.88 bits per heavy atom. The van der Waals surface area contributed by atoms with Gasteiger partial charge >= 0.3 is 6.03 Å². The molecular formula is C11H21N3OS. The Morgan fingerprint density at radius 1 is 1.31 bits per heavy atom. The molecule has 0 aromatic carbocycles. The van der Waals surface area contributed by atoms with E-state index in [0.717, 1.165) is 25.9 Å². The number of nitrogens with two attached hydrogens (primary N) is 1. The number of rotatable bonds is 3. The minimum absolute atomic E-state index is 0.0807. The molecule has 0 bridgehead atoms. The smallest absolute Gasteiger partial charge is 0.320 e. The molecule has 4 nitrogen and oxygen atoms in total. The highest BCUT2D eigenvalue weighted by atomic mass is 32.1. The molecule has 0 aromatic rings. The van der Waals surface area contributed by atoms with E-state index >= 15 is 0 Å². The van der Waals surface area contributed by atoms with Gasteiger partial charge in [-0.25, -0.2) is 4.79 Å². The lowest BCUT2D eigenvalue weighted by Crippen LogP contribution is -2.46. The van der Waals surface area contributed by atoms with Crippen molar-refractivity contribution < 1.29 is 4.79 Å². The number of urea groups is 1. The average molecular weight is 243 g/mol. The predicted octanol–water partition coefficient (Wildman–Crippen LogP) is 1.59. The molecule has 1 saturated heterocycles. The van der Waals surface area contributed by atoms with E-state index in [-0.39, 0.29) is 6.03 Å². The molecule has 1 rings (SSSR count). The Labute approximate surface area is 103 Å². The molecule has 16 heavy (non-hydrogen) atoms. The maximum absolute atomic E-state index is 12.2. The number of likely N-dealkylation sites (N-methyl/N-ethyl adjacent to an activating group) is 1. The van der Waals surface area contributed by atoms with Gasteiger partial charge in [0.05, 0.1) is 11.5 Å². The number of likely N-dealkylation sites (tertiary alicyclic amines) is 1. The number of hydrogen-bond acceptors (Lipinski definition) is 2. The normalized spacial score (nSPS) is 16.7. The first-order chi connectivity index (χ1) is 7.65. The van der Waals surface area contributed by atoms with Gasteiger partial charge in [0.15, 0.2) is 0 Å². The lowest BCUT2D eigenvalue weighted by molar-refractivity contribution is 0.163. The predicted molar refractivity (Wildman–Crippen MR) is 69.5 cm³/mol. The fraction of sp³-hybridized carbons (Fsp3) is 0.818. The molecule has 92 valence electrons. The lowest BCUT2D eigenvalue weighted by Gasteiger charge is -2.28. The van der Waals surface area contributed by atoms with Crippen LogP contribution in [0.2, 0.25) is 0 Å². The van der Waals surface area contributed by atoms with E-state index in [1.54, 1.807) is 4.90 Å². The summed E-state index contributed by atoms with van der Waals surface area (Å²) in [5.74, 6) is 0. The van der Waals surface area contributed by atoms with Crippen molar-refractivity contribution in [2.24, 2.45) is 5.73 Å². The van der Waals surface area contributed by atoms with E-state index in [4.69, 9.17) is 18.0 Å². The zero-order valence-electron chi connectivity index (χ0n) is 9.95. The fourth-order valence-electron chi connectivity index (χ4n) is 1.96. The van der Waals surface area contributed by atoms with E-state index in [2.05, 4.69) is 0 Å². The van der Waals surface area contributed by atoms with Gasteiger partial charge in [0, 0.05) is 19.6 Å². The van der Waals surface area contributed by atoms with Gasteiger partial charge in [0.1, 0.15) is 0 Å². The minimum atomic E-state index is 0.0807. The third-order valence-electron chi connectivity index (χ3n) is 2.88. The SMILES string of the molecule is CCN(CC(N)=S)C(=O)N1CCCCCC1. The van der Waals surface area contributed by atoms with E-state index in [9.17, 15) is 4.79 Å². The highest BCUT2D eigenvalue weighted by molar-refractivity contribution is 7.80. The molecule has 0 saturated carbocycles. The maximum Gasteiger partial charge on any atom is 0.320 e. The van der Waals surface area contributed by atoms with Crippen molar-refractivity contribution in [1.29, 1.82) is 0 Å². The largest absolute Gasteiger partial charge is 0.392 e. The van der Waals surface area contributed by atoms with Crippen molar-refractivity contribution in [2.75, 3.05) is 26.2 Å². The molecular weight excluding hydrogens is 222 g/mol. The topological polar surface area (TPSA) is 49.6 Å². The number of hydrogen-bond donors (Lipinski definition) is 1. The number of amides is 2. The number of nitrogens with zero attached hydrogens (tertiary/aromatic N) is 2. The first kappa shape index (κ1) is 13.2. The Kier molecular flexibility index (Phi) is 5.52. The Hall–Kier alpha value is -0.840. The summed E-state index contributed by atoms with van der Waals surface area (Å²) in [4.78, 5) is 16.2. The minimum Gasteiger partial charge on any atom is -0.392 e. The molecule has 2 N–H and O–H groups in total. The van der Waals surface area contributed by atoms with E-state index < -0.39 is 0 Å². The molecule has 5 heteroatoms. The lowest BCUT2D eigenvalue weighted by atomic mass is 10.2. The molecule has 0 unspecified atom stereocenters. The summed E-state index contributed by atoms with van der Waals surface area (Å²) in [6, 6.07) is 0.0807. The second-order valence-corrected chi connectivity index (χ2v) is 4.69. The van der Waals surface area contributed by atoms with Crippen LogP contribution < -0.4 is 5.73 Å². The van der Waals surface area contributed by atoms with Gasteiger partial charge in [-0.1, -0.05) is 25.1 Å². The second-order valence-electron chi connectivity index (χ2n) is 4.16. The highest BCUT2D eigenvalue weighted by Gasteiger charge is 2.20. The van der Waals surface area contributed by atoms with Crippen LogP contribution in [-0.2, 0) is 0 Å². The Bertz CT molecular complexity index is 250. The Morgan fingerprint density at radius 3 is 2.31 bits per heavy atom. The number of carbonyl (C=O) groups is 1. The molecule has 1 fully saturated rings. The van der Waals surface area contributed by atoms with Crippen LogP contribution >= 0.6 is 12.2 Å². The van der Waals surface area contributed by atoms with Gasteiger partial charge in [0.2, 0.25) is 0 Å². The van der Waals surface area contributed by atoms with Gasteiger partial charge in [0.25, 0.3) is 0 Å². The van der Waals surface area contributed by atoms with Crippen LogP contribution in [0, 0.1) is 0 Å². The standard InChI is InChI=1S/C11H21N3OS/c1-2-13(9-10(12)16)11(15)14-7-5-3-4-6-8-14/h2-9H2,1H3,(H2,12,16). The molecule has 2 amide bonds. The van der Waals surface area contributed by atoms with Gasteiger partial charge in [-0.3, -0.25) is 0 Å². The summed E-state index contributed by atoms with van der Waals surface area (Å²) in [7, 11) is 0. The molecule has 1 aliphatic rings. The quantitative estimate of drug-likeness (QED) is 0.766. The van der Waals surface area contributed by atoms with Crippen LogP contribution in [0.3, 0.4) is 0 Å². The van der Waals surface area contributed by atoms with Crippen molar-refractivity contribution >= 4 is 23.2 Å². The average Bonchev–Trinajstić information content (AvgIpc) is 2.53. The van der Waals surface area contributed by atoms with Crippen molar-refractivity contribution in [3.63, 3.8) is 0 Å². The summed E-state index contributed by atoms with van der Waals surface area (Å²) in [6.07, 6.45) is 4.67. The third kappa shape index (κ3) is 3.96. The van der Waals surface area contributed by atoms with Crippen LogP contribution in [0.5, 0.6) is 0 Å². The van der Waals surface area contributed by atoms with Gasteiger partial charge in [-0.05, 0) is 19.8 Å². The number of thiocarbonyl (C=S) groups is 1. The van der Waals surface area contributed by atoms with Gasteiger partial charge in [-0.2, -0.15) is 0 Å². The van der Waals surface area contributed by atoms with Crippen molar-refractivity contribution in [2.45, 2.75) is 32.6 Å². The summed E-state index contributed by atoms with van der Waals surface area (Å²) >= 11 is 4.85. The van der Waals surface area contributed by atoms with Gasteiger partial charge in [-0.15, -0.1) is 0 Å². The molecule has 0 atom stereocenters. The first-order valence-electron chi connectivity index (χ1n) is 5.97. The summed E-state index contributed by atoms with van der Waals surface area (Å²) in [5.41, 5.74) is 5.49. The molecule has 1 aliphatic heterocycles. The molecule has 0 aliphatic carbocycles. The van der Waals surface area contributed by atoms with Gasteiger partial charge < -0.3 is 15.5 Å². The molecule has 1 heterocycles. The monoisotopic (exact) mass is 243 g/mol. The number of carbonyl (C=O) groups excluding carboxylic acids is 1. The highest BCUT2D eigenvalue weighted by Crippen LogP contribution is 2.11. The van der Waals surface area contributed by atoms with Crippen LogP contribution in [0.15, 0.2) is 0 Å². The Balaban J connectivity index is 2.54. The molecule has 0 radical (unpaired) electrons. The van der Waals surface area contributed by atoms with E-state index in [0.29, 0.717) is 18.1 Å². The van der Waals surface area contributed by atoms with Crippen molar-refractivity contribution in [3.8, 4) is 0 Å². The third-order valence-corrected chi connectivity index (χ3v) is 3.00. The second kappa shape index (κ2) is 6.68. The molecule has 0 aromatic heterocycles. The van der Waals surface area contributed by atoms with Crippen molar-refractivity contribution in [3.05, 3.63) is 0 Å². The fourth-order valence-corrected chi connectivity index (χ4v) is 2.12. The van der Waals surface area contributed by atoms with Crippen molar-refractivity contribution in [1.82, 2.24) is 9.80 Å². The van der Waals surface area contributed by atoms with Crippen LogP contribution in [0.1, 0.15) is 32.6 Å². The maximum atomic E-state index is 12.2. The zero-order valence-corrected chi connectivity index (χ0v) is 10.8. The van der Waals surface area contributed by atoms with Crippen LogP contribution in [0.4, 0.5) is 4.79 Å². The van der Waals surface area contributed by atoms with E-state index in [1.807, 2.05) is 11.8 Å². The zero-order chi connectivity index (χ0) is 12.0. The summed E-state index contributed by atoms with van der Waals surface area (Å²) in [6.45, 7) is 4.74. The summed E-state index contributed by atoms with van der Waals surface area (Å²) in [5, 5.41) is 0. The van der Waals surface area contributed by atoms with Crippen LogP contribution in [-0.4, -0.2) is 47.0 Å². The summed E-state index contributed by atoms with van der Waals surface area (Å²) < 4.78 is 0. The molecule has 0 spiro atoms. The van der Waals surface area contributed by atoms with Crippen LogP contribution in [0.25, 0.3) is 0 Å².